The summed E-state index contributed by atoms with van der Waals surface area (Å²) in [7, 11) is 0. The molecule has 0 amide bonds. The van der Waals surface area contributed by atoms with Crippen LogP contribution in [0.2, 0.25) is 0 Å². The SMILES string of the molecule is CCCCCCCCCCCC(=O)OC1CCCCC1c1ccccc1OCc1ccccc1. The van der Waals surface area contributed by atoms with Gasteiger partial charge in [0.2, 0.25) is 0 Å². The molecule has 186 valence electrons. The minimum absolute atomic E-state index is 0.0254. The number of carbonyl (C=O) groups is 1. The monoisotopic (exact) mass is 464 g/mol. The largest absolute Gasteiger partial charge is 0.489 e. The van der Waals surface area contributed by atoms with Crippen molar-refractivity contribution in [2.45, 2.75) is 115 Å². The van der Waals surface area contributed by atoms with Gasteiger partial charge in [-0.15, -0.1) is 0 Å². The first kappa shape index (κ1) is 26.3. The molecule has 34 heavy (non-hydrogen) atoms. The van der Waals surface area contributed by atoms with Crippen LogP contribution in [0.1, 0.15) is 114 Å². The van der Waals surface area contributed by atoms with Crippen LogP contribution in [-0.4, -0.2) is 12.1 Å². The second kappa shape index (κ2) is 15.6. The third-order valence-electron chi connectivity index (χ3n) is 7.03. The van der Waals surface area contributed by atoms with E-state index in [2.05, 4.69) is 31.2 Å². The smallest absolute Gasteiger partial charge is 0.306 e. The average Bonchev–Trinajstić information content (AvgIpc) is 2.88. The number of unbranched alkanes of at least 4 members (excludes halogenated alkanes) is 8. The number of hydrogen-bond donors (Lipinski definition) is 0. The van der Waals surface area contributed by atoms with Crippen LogP contribution >= 0.6 is 0 Å². The van der Waals surface area contributed by atoms with Crippen LogP contribution in [0.25, 0.3) is 0 Å². The van der Waals surface area contributed by atoms with E-state index >= 15 is 0 Å². The zero-order chi connectivity index (χ0) is 23.8. The normalized spacial score (nSPS) is 17.9. The quantitative estimate of drug-likeness (QED) is 0.195. The molecule has 1 fully saturated rings. The molecule has 0 spiro atoms. The van der Waals surface area contributed by atoms with Gasteiger partial charge in [0.05, 0.1) is 0 Å². The Morgan fingerprint density at radius 2 is 1.44 bits per heavy atom. The Labute approximate surface area is 207 Å². The molecule has 0 aromatic heterocycles. The lowest BCUT2D eigenvalue weighted by Gasteiger charge is -2.32. The van der Waals surface area contributed by atoms with E-state index in [0.717, 1.165) is 43.4 Å². The Morgan fingerprint density at radius 3 is 2.21 bits per heavy atom. The van der Waals surface area contributed by atoms with Gasteiger partial charge in [-0.2, -0.15) is 0 Å². The molecular weight excluding hydrogens is 420 g/mol. The van der Waals surface area contributed by atoms with Gasteiger partial charge in [-0.25, -0.2) is 0 Å². The van der Waals surface area contributed by atoms with Crippen LogP contribution in [-0.2, 0) is 16.1 Å². The van der Waals surface area contributed by atoms with Crippen molar-refractivity contribution in [3.63, 3.8) is 0 Å². The maximum Gasteiger partial charge on any atom is 0.306 e. The molecule has 2 aromatic rings. The topological polar surface area (TPSA) is 35.5 Å². The average molecular weight is 465 g/mol. The zero-order valence-electron chi connectivity index (χ0n) is 21.2. The van der Waals surface area contributed by atoms with Gasteiger partial charge in [0.1, 0.15) is 18.5 Å². The molecule has 0 aliphatic heterocycles. The molecule has 0 heterocycles. The van der Waals surface area contributed by atoms with Crippen LogP contribution in [0.4, 0.5) is 0 Å². The van der Waals surface area contributed by atoms with Crippen LogP contribution in [0.5, 0.6) is 5.75 Å². The summed E-state index contributed by atoms with van der Waals surface area (Å²) < 4.78 is 12.3. The van der Waals surface area contributed by atoms with E-state index in [0.29, 0.717) is 13.0 Å². The third-order valence-corrected chi connectivity index (χ3v) is 7.03. The summed E-state index contributed by atoms with van der Waals surface area (Å²) in [5.74, 6) is 1.11. The minimum Gasteiger partial charge on any atom is -0.489 e. The van der Waals surface area contributed by atoms with Gasteiger partial charge in [-0.1, -0.05) is 113 Å². The van der Waals surface area contributed by atoms with Crippen LogP contribution in [0.15, 0.2) is 54.6 Å². The molecule has 3 nitrogen and oxygen atoms in total. The number of ether oxygens (including phenoxy) is 2. The molecule has 3 rings (SSSR count). The fourth-order valence-electron chi connectivity index (χ4n) is 5.06. The van der Waals surface area contributed by atoms with E-state index in [9.17, 15) is 4.79 Å². The van der Waals surface area contributed by atoms with Gasteiger partial charge in [0.15, 0.2) is 0 Å². The lowest BCUT2D eigenvalue weighted by Crippen LogP contribution is -2.29. The van der Waals surface area contributed by atoms with E-state index in [-0.39, 0.29) is 18.0 Å². The van der Waals surface area contributed by atoms with Crippen molar-refractivity contribution in [3.8, 4) is 5.75 Å². The van der Waals surface area contributed by atoms with Gasteiger partial charge >= 0.3 is 5.97 Å². The molecule has 2 unspecified atom stereocenters. The van der Waals surface area contributed by atoms with Crippen LogP contribution < -0.4 is 4.74 Å². The highest BCUT2D eigenvalue weighted by atomic mass is 16.5. The summed E-state index contributed by atoms with van der Waals surface area (Å²) in [5.41, 5.74) is 2.34. The summed E-state index contributed by atoms with van der Waals surface area (Å²) in [6.45, 7) is 2.81. The first-order valence-electron chi connectivity index (χ1n) is 13.7. The third kappa shape index (κ3) is 9.16. The van der Waals surface area contributed by atoms with Crippen molar-refractivity contribution < 1.29 is 14.3 Å². The second-order valence-electron chi connectivity index (χ2n) is 9.81. The van der Waals surface area contributed by atoms with Gasteiger partial charge in [0.25, 0.3) is 0 Å². The fraction of sp³-hybridized carbons (Fsp3) is 0.581. The fourth-order valence-corrected chi connectivity index (χ4v) is 5.06. The molecular formula is C31H44O3. The van der Waals surface area contributed by atoms with Gasteiger partial charge < -0.3 is 9.47 Å². The molecule has 0 saturated heterocycles. The number of rotatable bonds is 15. The Morgan fingerprint density at radius 1 is 0.794 bits per heavy atom. The maximum atomic E-state index is 12.6. The standard InChI is InChI=1S/C31H44O3/c1-2-3-4-5-6-7-8-9-13-24-31(32)34-30-23-17-15-21-28(30)27-20-14-16-22-29(27)33-25-26-18-11-10-12-19-26/h10-12,14,16,18-20,22,28,30H,2-9,13,15,17,21,23-25H2,1H3. The van der Waals surface area contributed by atoms with E-state index in [1.165, 1.54) is 56.9 Å². The highest BCUT2D eigenvalue weighted by Crippen LogP contribution is 2.39. The van der Waals surface area contributed by atoms with Gasteiger partial charge in [-0.05, 0) is 37.3 Å². The highest BCUT2D eigenvalue weighted by Gasteiger charge is 2.31. The predicted octanol–water partition coefficient (Wildman–Crippen LogP) is 8.76. The molecule has 1 saturated carbocycles. The lowest BCUT2D eigenvalue weighted by atomic mass is 9.81. The van der Waals surface area contributed by atoms with Crippen molar-refractivity contribution in [1.82, 2.24) is 0 Å². The van der Waals surface area contributed by atoms with Crippen molar-refractivity contribution >= 4 is 5.97 Å². The summed E-state index contributed by atoms with van der Waals surface area (Å²) >= 11 is 0. The van der Waals surface area contributed by atoms with E-state index < -0.39 is 0 Å². The van der Waals surface area contributed by atoms with Crippen molar-refractivity contribution in [1.29, 1.82) is 0 Å². The molecule has 2 atom stereocenters. The number of para-hydroxylation sites is 1. The number of benzene rings is 2. The Balaban J connectivity index is 1.45. The van der Waals surface area contributed by atoms with Crippen molar-refractivity contribution in [2.24, 2.45) is 0 Å². The van der Waals surface area contributed by atoms with Crippen molar-refractivity contribution in [2.75, 3.05) is 0 Å². The Kier molecular flexibility index (Phi) is 12.1. The van der Waals surface area contributed by atoms with Crippen LogP contribution in [0.3, 0.4) is 0 Å². The first-order chi connectivity index (χ1) is 16.8. The van der Waals surface area contributed by atoms with E-state index in [4.69, 9.17) is 9.47 Å². The number of esters is 1. The van der Waals surface area contributed by atoms with E-state index in [1.807, 2.05) is 30.3 Å². The molecule has 1 aliphatic carbocycles. The molecule has 3 heteroatoms. The zero-order valence-corrected chi connectivity index (χ0v) is 21.2. The minimum atomic E-state index is -0.0405. The van der Waals surface area contributed by atoms with E-state index in [1.54, 1.807) is 0 Å². The van der Waals surface area contributed by atoms with Gasteiger partial charge in [0, 0.05) is 17.9 Å². The number of carbonyl (C=O) groups excluding carboxylic acids is 1. The molecule has 2 aromatic carbocycles. The highest BCUT2D eigenvalue weighted by molar-refractivity contribution is 5.69. The second-order valence-corrected chi connectivity index (χ2v) is 9.81. The maximum absolute atomic E-state index is 12.6. The first-order valence-corrected chi connectivity index (χ1v) is 13.7. The van der Waals surface area contributed by atoms with Crippen LogP contribution in [0, 0.1) is 0 Å². The summed E-state index contributed by atoms with van der Waals surface area (Å²) in [4.78, 5) is 12.6. The molecule has 1 aliphatic rings. The Bertz CT molecular complexity index is 816. The van der Waals surface area contributed by atoms with Crippen molar-refractivity contribution in [3.05, 3.63) is 65.7 Å². The summed E-state index contributed by atoms with van der Waals surface area (Å²) in [5, 5.41) is 0. The lowest BCUT2D eigenvalue weighted by molar-refractivity contribution is -0.151. The summed E-state index contributed by atoms with van der Waals surface area (Å²) in [6, 6.07) is 18.6. The molecule has 0 bridgehead atoms. The van der Waals surface area contributed by atoms with Gasteiger partial charge in [-0.3, -0.25) is 4.79 Å². The molecule has 0 N–H and O–H groups in total. The number of hydrogen-bond acceptors (Lipinski definition) is 3. The molecule has 0 radical (unpaired) electrons. The predicted molar refractivity (Wildman–Crippen MR) is 140 cm³/mol. The summed E-state index contributed by atoms with van der Waals surface area (Å²) in [6.07, 6.45) is 16.1. The Hall–Kier alpha value is -2.29.